The first-order valence-corrected chi connectivity index (χ1v) is 11.2. The number of halogens is 3. The van der Waals surface area contributed by atoms with Crippen molar-refractivity contribution in [2.45, 2.75) is 32.9 Å². The van der Waals surface area contributed by atoms with Crippen LogP contribution in [0.3, 0.4) is 0 Å². The highest BCUT2D eigenvalue weighted by atomic mass is 35.5. The van der Waals surface area contributed by atoms with Crippen LogP contribution < -0.4 is 21.8 Å². The number of nitrogens with two attached hydrogens (primary N) is 2. The average Bonchev–Trinajstić information content (AvgIpc) is 2.73. The van der Waals surface area contributed by atoms with Gasteiger partial charge in [0.15, 0.2) is 5.82 Å². The highest BCUT2D eigenvalue weighted by Gasteiger charge is 2.39. The van der Waals surface area contributed by atoms with E-state index in [1.165, 1.54) is 17.6 Å². The Morgan fingerprint density at radius 3 is 2.46 bits per heavy atom. The van der Waals surface area contributed by atoms with Gasteiger partial charge in [0.1, 0.15) is 11.4 Å². The van der Waals surface area contributed by atoms with Gasteiger partial charge in [-0.3, -0.25) is 4.79 Å². The van der Waals surface area contributed by atoms with Crippen LogP contribution in [0.15, 0.2) is 23.1 Å². The first-order chi connectivity index (χ1) is 16.3. The van der Waals surface area contributed by atoms with Crippen LogP contribution in [-0.2, 0) is 6.61 Å². The number of carboxylic acid groups (broad SMARTS) is 1. The van der Waals surface area contributed by atoms with Gasteiger partial charge in [0.25, 0.3) is 0 Å². The zero-order chi connectivity index (χ0) is 26.0. The Kier molecular flexibility index (Phi) is 6.03. The number of anilines is 2. The lowest BCUT2D eigenvalue weighted by Crippen LogP contribution is -2.59. The molecule has 186 valence electrons. The number of aliphatic hydroxyl groups excluding tert-OH is 1. The first-order valence-electron chi connectivity index (χ1n) is 10.8. The second-order valence-corrected chi connectivity index (χ2v) is 9.83. The van der Waals surface area contributed by atoms with Crippen molar-refractivity contribution in [3.8, 4) is 5.69 Å². The first kappa shape index (κ1) is 24.9. The number of aromatic nitrogens is 1. The molecule has 2 heterocycles. The highest BCUT2D eigenvalue weighted by molar-refractivity contribution is 6.38. The van der Waals surface area contributed by atoms with Gasteiger partial charge in [-0.15, -0.1) is 0 Å². The molecular formula is C24H25ClF2N4O4. The standard InChI is InChI=1S/C24H25ClF2N4O4/c1-10-17-20(18(25)21(19(10)27)30-6-12(7-30)24(2,3)29)31(8-13(22(17)33)23(34)35)16-5-15(28)14(26)4-11(16)9-32/h4-5,8,12,32H,6-7,9,28-29H2,1-3H3,(H,34,35). The van der Waals surface area contributed by atoms with Gasteiger partial charge in [-0.1, -0.05) is 11.6 Å². The van der Waals surface area contributed by atoms with Crippen molar-refractivity contribution in [2.24, 2.45) is 11.7 Å². The minimum absolute atomic E-state index is 0.0201. The molecule has 0 bridgehead atoms. The number of rotatable bonds is 5. The van der Waals surface area contributed by atoms with Crippen LogP contribution in [0.5, 0.6) is 0 Å². The van der Waals surface area contributed by atoms with Gasteiger partial charge in [-0.2, -0.15) is 0 Å². The Morgan fingerprint density at radius 1 is 1.29 bits per heavy atom. The second kappa shape index (κ2) is 8.47. The topological polar surface area (TPSA) is 135 Å². The van der Waals surface area contributed by atoms with Gasteiger partial charge in [0, 0.05) is 41.9 Å². The third-order valence-corrected chi connectivity index (χ3v) is 7.00. The van der Waals surface area contributed by atoms with Gasteiger partial charge >= 0.3 is 5.97 Å². The fraction of sp³-hybridized carbons (Fsp3) is 0.333. The third kappa shape index (κ3) is 3.91. The zero-order valence-electron chi connectivity index (χ0n) is 19.3. The molecular weight excluding hydrogens is 482 g/mol. The SMILES string of the molecule is Cc1c(F)c(N2CC(C(C)(C)N)C2)c(Cl)c2c1c(=O)c(C(=O)O)cn2-c1cc(N)c(F)cc1CO. The van der Waals surface area contributed by atoms with Crippen molar-refractivity contribution < 1.29 is 23.8 Å². The van der Waals surface area contributed by atoms with Crippen LogP contribution in [0.4, 0.5) is 20.2 Å². The molecule has 0 radical (unpaired) electrons. The van der Waals surface area contributed by atoms with Crippen molar-refractivity contribution in [3.63, 3.8) is 0 Å². The molecule has 8 nitrogen and oxygen atoms in total. The van der Waals surface area contributed by atoms with Crippen LogP contribution in [0.1, 0.15) is 35.3 Å². The molecule has 0 amide bonds. The number of aliphatic hydroxyl groups is 1. The number of nitrogens with zero attached hydrogens (tertiary/aromatic N) is 2. The largest absolute Gasteiger partial charge is 0.477 e. The minimum Gasteiger partial charge on any atom is -0.477 e. The second-order valence-electron chi connectivity index (χ2n) is 9.46. The molecule has 1 fully saturated rings. The van der Waals surface area contributed by atoms with E-state index in [0.717, 1.165) is 12.3 Å². The molecule has 0 aliphatic carbocycles. The van der Waals surface area contributed by atoms with Crippen molar-refractivity contribution >= 4 is 39.8 Å². The van der Waals surface area contributed by atoms with Gasteiger partial charge < -0.3 is 31.1 Å². The van der Waals surface area contributed by atoms with Gasteiger partial charge in [-0.25, -0.2) is 13.6 Å². The van der Waals surface area contributed by atoms with Crippen molar-refractivity contribution in [1.82, 2.24) is 4.57 Å². The fourth-order valence-electron chi connectivity index (χ4n) is 4.40. The molecule has 3 aromatic rings. The van der Waals surface area contributed by atoms with Crippen LogP contribution in [0.2, 0.25) is 5.02 Å². The number of benzene rings is 2. The smallest absolute Gasteiger partial charge is 0.341 e. The molecule has 1 aromatic heterocycles. The van der Waals surface area contributed by atoms with Crippen molar-refractivity contribution in [3.05, 3.63) is 61.9 Å². The van der Waals surface area contributed by atoms with Crippen LogP contribution in [0.25, 0.3) is 16.6 Å². The molecule has 0 unspecified atom stereocenters. The molecule has 6 N–H and O–H groups in total. The fourth-order valence-corrected chi connectivity index (χ4v) is 4.78. The van der Waals surface area contributed by atoms with Crippen molar-refractivity contribution in [1.29, 1.82) is 0 Å². The third-order valence-electron chi connectivity index (χ3n) is 6.64. The molecule has 1 aliphatic rings. The van der Waals surface area contributed by atoms with E-state index in [1.54, 1.807) is 4.90 Å². The Morgan fingerprint density at radius 2 is 1.91 bits per heavy atom. The molecule has 11 heteroatoms. The van der Waals surface area contributed by atoms with Crippen LogP contribution in [-0.4, -0.2) is 39.4 Å². The normalized spacial score (nSPS) is 14.5. The summed E-state index contributed by atoms with van der Waals surface area (Å²) in [5, 5.41) is 19.1. The number of aromatic carboxylic acids is 1. The summed E-state index contributed by atoms with van der Waals surface area (Å²) in [6.07, 6.45) is 1.02. The Labute approximate surface area is 204 Å². The number of pyridine rings is 1. The van der Waals surface area contributed by atoms with E-state index in [4.69, 9.17) is 23.1 Å². The summed E-state index contributed by atoms with van der Waals surface area (Å²) >= 11 is 6.73. The maximum Gasteiger partial charge on any atom is 0.341 e. The molecule has 0 atom stereocenters. The highest BCUT2D eigenvalue weighted by Crippen LogP contribution is 2.43. The van der Waals surface area contributed by atoms with Crippen LogP contribution >= 0.6 is 11.6 Å². The summed E-state index contributed by atoms with van der Waals surface area (Å²) in [7, 11) is 0. The Balaban J connectivity index is 2.10. The zero-order valence-corrected chi connectivity index (χ0v) is 20.1. The summed E-state index contributed by atoms with van der Waals surface area (Å²) in [4.78, 5) is 26.7. The quantitative estimate of drug-likeness (QED) is 0.390. The maximum atomic E-state index is 15.6. The summed E-state index contributed by atoms with van der Waals surface area (Å²) < 4.78 is 31.0. The van der Waals surface area contributed by atoms with E-state index in [1.807, 2.05) is 13.8 Å². The molecule has 2 aromatic carbocycles. The number of carboxylic acids is 1. The van der Waals surface area contributed by atoms with Crippen molar-refractivity contribution in [2.75, 3.05) is 23.7 Å². The number of aryl methyl sites for hydroxylation is 1. The number of hydrogen-bond donors (Lipinski definition) is 4. The lowest BCUT2D eigenvalue weighted by molar-refractivity contribution is 0.0695. The number of fused-ring (bicyclic) bond motifs is 1. The van der Waals surface area contributed by atoms with Gasteiger partial charge in [-0.05, 0) is 32.9 Å². The molecule has 35 heavy (non-hydrogen) atoms. The number of nitrogen functional groups attached to an aromatic ring is 1. The van der Waals surface area contributed by atoms with E-state index >= 15 is 4.39 Å². The van der Waals surface area contributed by atoms with Crippen LogP contribution in [0, 0.1) is 24.5 Å². The van der Waals surface area contributed by atoms with E-state index in [0.29, 0.717) is 13.1 Å². The van der Waals surface area contributed by atoms with E-state index < -0.39 is 40.7 Å². The average molecular weight is 507 g/mol. The number of hydrogen-bond acceptors (Lipinski definition) is 6. The monoisotopic (exact) mass is 506 g/mol. The maximum absolute atomic E-state index is 15.6. The van der Waals surface area contributed by atoms with E-state index in [2.05, 4.69) is 0 Å². The summed E-state index contributed by atoms with van der Waals surface area (Å²) in [6, 6.07) is 2.20. The van der Waals surface area contributed by atoms with E-state index in [-0.39, 0.29) is 50.0 Å². The molecule has 0 spiro atoms. The predicted octanol–water partition coefficient (Wildman–Crippen LogP) is 3.18. The summed E-state index contributed by atoms with van der Waals surface area (Å²) in [5.41, 5.74) is 9.74. The summed E-state index contributed by atoms with van der Waals surface area (Å²) in [6.45, 7) is 5.34. The van der Waals surface area contributed by atoms with Gasteiger partial charge in [0.05, 0.1) is 39.6 Å². The lowest BCUT2D eigenvalue weighted by Gasteiger charge is -2.47. The Bertz CT molecular complexity index is 1440. The van der Waals surface area contributed by atoms with Gasteiger partial charge in [0.2, 0.25) is 5.43 Å². The molecule has 1 aliphatic heterocycles. The Hall–Kier alpha value is -3.21. The predicted molar refractivity (Wildman–Crippen MR) is 130 cm³/mol. The molecule has 1 saturated heterocycles. The summed E-state index contributed by atoms with van der Waals surface area (Å²) in [5.74, 6) is -3.00. The number of carbonyl (C=O) groups is 1. The van der Waals surface area contributed by atoms with E-state index in [9.17, 15) is 24.2 Å². The minimum atomic E-state index is -1.54. The molecule has 4 rings (SSSR count). The lowest BCUT2D eigenvalue weighted by atomic mass is 9.82. The molecule has 0 saturated carbocycles.